The van der Waals surface area contributed by atoms with Crippen molar-refractivity contribution in [1.29, 1.82) is 0 Å². The molecule has 0 aromatic rings. The summed E-state index contributed by atoms with van der Waals surface area (Å²) in [5.74, 6) is -0.309. The minimum absolute atomic E-state index is 0.0801. The molecule has 17 heavy (non-hydrogen) atoms. The van der Waals surface area contributed by atoms with Crippen molar-refractivity contribution >= 4 is 11.8 Å². The Hall–Kier alpha value is -1.58. The van der Waals surface area contributed by atoms with Crippen LogP contribution in [0.1, 0.15) is 33.6 Å². The molecule has 0 fully saturated rings. The number of carbonyl (C=O) groups is 2. The number of hydrogen-bond acceptors (Lipinski definition) is 2. The normalized spacial score (nSPS) is 8.94. The molecule has 4 nitrogen and oxygen atoms in total. The Kier molecular flexibility index (Phi) is 11.4. The number of rotatable bonds is 6. The fourth-order valence-electron chi connectivity index (χ4n) is 0.745. The van der Waals surface area contributed by atoms with Crippen LogP contribution in [-0.4, -0.2) is 18.4 Å². The summed E-state index contributed by atoms with van der Waals surface area (Å²) in [6, 6.07) is 0. The lowest BCUT2D eigenvalue weighted by atomic mass is 10.1. The van der Waals surface area contributed by atoms with Crippen LogP contribution >= 0.6 is 0 Å². The van der Waals surface area contributed by atoms with Gasteiger partial charge in [-0.2, -0.15) is 0 Å². The molecule has 0 aliphatic heterocycles. The minimum atomic E-state index is -0.403. The van der Waals surface area contributed by atoms with Crippen molar-refractivity contribution in [3.63, 3.8) is 0 Å². The molecular weight excluding hydrogens is 216 g/mol. The maximum Gasteiger partial charge on any atom is 0.244 e. The summed E-state index contributed by atoms with van der Waals surface area (Å²) in [4.78, 5) is 20.7. The molecule has 0 unspecified atom stereocenters. The molecule has 0 aromatic carbocycles. The molecule has 0 saturated carbocycles. The third-order valence-corrected chi connectivity index (χ3v) is 2.03. The van der Waals surface area contributed by atoms with Gasteiger partial charge in [0.15, 0.2) is 0 Å². The van der Waals surface area contributed by atoms with Crippen molar-refractivity contribution in [3.8, 4) is 0 Å². The van der Waals surface area contributed by atoms with E-state index in [1.807, 2.05) is 13.8 Å². The summed E-state index contributed by atoms with van der Waals surface area (Å²) in [6.07, 6.45) is 3.44. The van der Waals surface area contributed by atoms with Crippen LogP contribution in [-0.2, 0) is 9.59 Å². The van der Waals surface area contributed by atoms with E-state index in [9.17, 15) is 9.59 Å². The van der Waals surface area contributed by atoms with Crippen LogP contribution < -0.4 is 11.1 Å². The van der Waals surface area contributed by atoms with E-state index in [-0.39, 0.29) is 11.8 Å². The lowest BCUT2D eigenvalue weighted by Crippen LogP contribution is -2.21. The van der Waals surface area contributed by atoms with E-state index in [0.717, 1.165) is 19.4 Å². The maximum atomic E-state index is 10.5. The average Bonchev–Trinajstić information content (AvgIpc) is 2.28. The molecule has 98 valence electrons. The van der Waals surface area contributed by atoms with Crippen LogP contribution in [0.15, 0.2) is 24.8 Å². The molecule has 0 spiro atoms. The zero-order valence-electron chi connectivity index (χ0n) is 11.1. The number of nitrogens with one attached hydrogen (secondary N) is 1. The largest absolute Gasteiger partial charge is 0.366 e. The molecule has 0 aliphatic carbocycles. The Labute approximate surface area is 104 Å². The Morgan fingerprint density at radius 2 is 1.94 bits per heavy atom. The van der Waals surface area contributed by atoms with Crippen molar-refractivity contribution < 1.29 is 9.59 Å². The van der Waals surface area contributed by atoms with E-state index in [0.29, 0.717) is 5.57 Å². The van der Waals surface area contributed by atoms with Crippen molar-refractivity contribution in [2.45, 2.75) is 33.6 Å². The average molecular weight is 240 g/mol. The zero-order valence-corrected chi connectivity index (χ0v) is 11.1. The highest BCUT2D eigenvalue weighted by molar-refractivity contribution is 5.91. The maximum absolute atomic E-state index is 10.5. The molecule has 0 bridgehead atoms. The molecule has 3 N–H and O–H groups in total. The molecule has 0 saturated heterocycles. The van der Waals surface area contributed by atoms with E-state index >= 15 is 0 Å². The first kappa shape index (κ1) is 17.8. The van der Waals surface area contributed by atoms with Crippen molar-refractivity contribution in [2.75, 3.05) is 6.54 Å². The number of hydrogen-bond donors (Lipinski definition) is 2. The summed E-state index contributed by atoms with van der Waals surface area (Å²) in [5, 5.41) is 2.68. The quantitative estimate of drug-likeness (QED) is 0.548. The number of amides is 2. The van der Waals surface area contributed by atoms with E-state index in [4.69, 9.17) is 5.73 Å². The minimum Gasteiger partial charge on any atom is -0.366 e. The lowest BCUT2D eigenvalue weighted by molar-refractivity contribution is -0.116. The summed E-state index contributed by atoms with van der Waals surface area (Å²) in [7, 11) is 0. The second-order valence-electron chi connectivity index (χ2n) is 3.89. The second kappa shape index (κ2) is 10.9. The Bertz CT molecular complexity index is 271. The summed E-state index contributed by atoms with van der Waals surface area (Å²) in [6.45, 7) is 13.4. The molecule has 4 heteroatoms. The van der Waals surface area contributed by atoms with Gasteiger partial charge >= 0.3 is 0 Å². The summed E-state index contributed by atoms with van der Waals surface area (Å²) in [5.41, 5.74) is 5.39. The zero-order chi connectivity index (χ0) is 13.8. The monoisotopic (exact) mass is 240 g/mol. The Morgan fingerprint density at radius 1 is 1.41 bits per heavy atom. The molecule has 0 aliphatic rings. The number of primary amides is 1. The highest BCUT2D eigenvalue weighted by Gasteiger charge is 2.04. The van der Waals surface area contributed by atoms with Crippen molar-refractivity contribution in [3.05, 3.63) is 24.8 Å². The SMILES string of the molecule is C=C(C(N)=O)C(C)C.C=CC(=O)NCCCC. The Balaban J connectivity index is 0. The topological polar surface area (TPSA) is 72.2 Å². The van der Waals surface area contributed by atoms with Crippen LogP contribution in [0.2, 0.25) is 0 Å². The van der Waals surface area contributed by atoms with Crippen LogP contribution in [0.3, 0.4) is 0 Å². The van der Waals surface area contributed by atoms with Gasteiger partial charge in [0, 0.05) is 12.1 Å². The van der Waals surface area contributed by atoms with Gasteiger partial charge in [-0.1, -0.05) is 40.3 Å². The van der Waals surface area contributed by atoms with E-state index < -0.39 is 5.91 Å². The first-order valence-corrected chi connectivity index (χ1v) is 5.75. The van der Waals surface area contributed by atoms with Gasteiger partial charge in [0.05, 0.1) is 0 Å². The molecule has 0 radical (unpaired) electrons. The van der Waals surface area contributed by atoms with E-state index in [1.54, 1.807) is 0 Å². The van der Waals surface area contributed by atoms with Crippen LogP contribution in [0.4, 0.5) is 0 Å². The molecule has 2 amide bonds. The first-order valence-electron chi connectivity index (χ1n) is 5.75. The smallest absolute Gasteiger partial charge is 0.244 e. The van der Waals surface area contributed by atoms with Gasteiger partial charge in [-0.3, -0.25) is 9.59 Å². The van der Waals surface area contributed by atoms with Crippen LogP contribution in [0, 0.1) is 5.92 Å². The second-order valence-corrected chi connectivity index (χ2v) is 3.89. The fourth-order valence-corrected chi connectivity index (χ4v) is 0.745. The number of carbonyl (C=O) groups excluding carboxylic acids is 2. The van der Waals surface area contributed by atoms with Crippen LogP contribution in [0.25, 0.3) is 0 Å². The van der Waals surface area contributed by atoms with E-state index in [1.165, 1.54) is 6.08 Å². The standard InChI is InChI=1S/C7H13NO.C6H11NO/c1-3-5-6-8-7(9)4-2;1-4(2)5(3)6(7)8/h4H,2-3,5-6H2,1H3,(H,8,9);4H,3H2,1-2H3,(H2,7,8). The first-order chi connectivity index (χ1) is 7.86. The Morgan fingerprint density at radius 3 is 2.18 bits per heavy atom. The molecule has 0 rings (SSSR count). The van der Waals surface area contributed by atoms with Gasteiger partial charge < -0.3 is 11.1 Å². The van der Waals surface area contributed by atoms with Gasteiger partial charge in [0.2, 0.25) is 11.8 Å². The number of nitrogens with two attached hydrogens (primary N) is 1. The van der Waals surface area contributed by atoms with Gasteiger partial charge in [0.1, 0.15) is 0 Å². The third kappa shape index (κ3) is 12.4. The van der Waals surface area contributed by atoms with E-state index in [2.05, 4.69) is 25.4 Å². The highest BCUT2D eigenvalue weighted by Crippen LogP contribution is 2.03. The highest BCUT2D eigenvalue weighted by atomic mass is 16.1. The lowest BCUT2D eigenvalue weighted by Gasteiger charge is -2.01. The van der Waals surface area contributed by atoms with Crippen LogP contribution in [0.5, 0.6) is 0 Å². The summed E-state index contributed by atoms with van der Waals surface area (Å²) < 4.78 is 0. The molecular formula is C13H24N2O2. The van der Waals surface area contributed by atoms with Gasteiger partial charge in [0.25, 0.3) is 0 Å². The van der Waals surface area contributed by atoms with Gasteiger partial charge in [-0.15, -0.1) is 0 Å². The molecule has 0 aromatic heterocycles. The molecule has 0 heterocycles. The van der Waals surface area contributed by atoms with Gasteiger partial charge in [-0.05, 0) is 18.4 Å². The van der Waals surface area contributed by atoms with Gasteiger partial charge in [-0.25, -0.2) is 0 Å². The predicted octanol–water partition coefficient (Wildman–Crippen LogP) is 1.77. The van der Waals surface area contributed by atoms with Crippen molar-refractivity contribution in [2.24, 2.45) is 11.7 Å². The predicted molar refractivity (Wildman–Crippen MR) is 71.3 cm³/mol. The summed E-state index contributed by atoms with van der Waals surface area (Å²) >= 11 is 0. The van der Waals surface area contributed by atoms with Crippen molar-refractivity contribution in [1.82, 2.24) is 5.32 Å². The third-order valence-electron chi connectivity index (χ3n) is 2.03. The number of unbranched alkanes of at least 4 members (excludes halogenated alkanes) is 1. The fraction of sp³-hybridized carbons (Fsp3) is 0.538. The molecule has 0 atom stereocenters.